The molecule has 0 spiro atoms. The smallest absolute Gasteiger partial charge is 0.261 e. The zero-order valence-electron chi connectivity index (χ0n) is 17.5. The average molecular weight is 392 g/mol. The van der Waals surface area contributed by atoms with Gasteiger partial charge in [0.15, 0.2) is 5.82 Å². The van der Waals surface area contributed by atoms with Crippen LogP contribution in [-0.2, 0) is 6.54 Å². The first-order valence-corrected chi connectivity index (χ1v) is 10.4. The van der Waals surface area contributed by atoms with E-state index in [0.717, 1.165) is 56.4 Å². The fourth-order valence-corrected chi connectivity index (χ4v) is 3.69. The lowest BCUT2D eigenvalue weighted by Crippen LogP contribution is -2.31. The maximum atomic E-state index is 5.55. The van der Waals surface area contributed by atoms with Crippen molar-refractivity contribution >= 4 is 5.82 Å². The van der Waals surface area contributed by atoms with Crippen LogP contribution in [0.2, 0.25) is 0 Å². The summed E-state index contributed by atoms with van der Waals surface area (Å²) < 4.78 is 5.55. The second-order valence-corrected chi connectivity index (χ2v) is 8.09. The number of nitrogens with zero attached hydrogens (tertiary/aromatic N) is 5. The number of pyridine rings is 1. The lowest BCUT2D eigenvalue weighted by Gasteiger charge is -2.24. The Kier molecular flexibility index (Phi) is 5.90. The summed E-state index contributed by atoms with van der Waals surface area (Å²) in [4.78, 5) is 14.1. The number of benzene rings is 1. The first-order valence-electron chi connectivity index (χ1n) is 10.4. The van der Waals surface area contributed by atoms with Gasteiger partial charge in [0, 0.05) is 44.8 Å². The van der Waals surface area contributed by atoms with Crippen LogP contribution >= 0.6 is 0 Å². The maximum absolute atomic E-state index is 5.55. The van der Waals surface area contributed by atoms with Crippen LogP contribution in [0.4, 0.5) is 5.82 Å². The number of anilines is 1. The highest BCUT2D eigenvalue weighted by molar-refractivity contribution is 5.69. The van der Waals surface area contributed by atoms with E-state index in [1.54, 1.807) is 0 Å². The molecule has 6 nitrogen and oxygen atoms in total. The quantitative estimate of drug-likeness (QED) is 0.647. The molecule has 1 aliphatic heterocycles. The summed E-state index contributed by atoms with van der Waals surface area (Å²) in [6, 6.07) is 12.8. The first-order chi connectivity index (χ1) is 14.1. The monoisotopic (exact) mass is 391 g/mol. The molecule has 0 radical (unpaired) electrons. The van der Waals surface area contributed by atoms with Crippen LogP contribution in [0.5, 0.6) is 0 Å². The zero-order valence-corrected chi connectivity index (χ0v) is 17.5. The number of hydrogen-bond acceptors (Lipinski definition) is 6. The number of aromatic nitrogens is 3. The van der Waals surface area contributed by atoms with Crippen molar-refractivity contribution in [1.29, 1.82) is 0 Å². The van der Waals surface area contributed by atoms with Gasteiger partial charge in [-0.05, 0) is 31.0 Å². The van der Waals surface area contributed by atoms with Crippen LogP contribution in [0.15, 0.2) is 47.1 Å². The highest BCUT2D eigenvalue weighted by atomic mass is 16.5. The van der Waals surface area contributed by atoms with Gasteiger partial charge in [0.2, 0.25) is 0 Å². The van der Waals surface area contributed by atoms with Crippen LogP contribution in [0.25, 0.3) is 11.5 Å². The van der Waals surface area contributed by atoms with Gasteiger partial charge in [-0.1, -0.05) is 48.8 Å². The molecule has 6 heteroatoms. The SMILES string of the molecule is Cc1ccc(CN2CCCN(c3ncccc3-c3nc(C(C)C)no3)CC2)cc1. The highest BCUT2D eigenvalue weighted by Gasteiger charge is 2.22. The molecule has 0 N–H and O–H groups in total. The van der Waals surface area contributed by atoms with Crippen LogP contribution in [-0.4, -0.2) is 46.2 Å². The molecule has 0 amide bonds. The van der Waals surface area contributed by atoms with E-state index < -0.39 is 0 Å². The molecule has 1 aromatic carbocycles. The molecule has 2 aromatic heterocycles. The Labute approximate surface area is 172 Å². The molecule has 4 rings (SSSR count). The van der Waals surface area contributed by atoms with Gasteiger partial charge in [-0.2, -0.15) is 4.98 Å². The third-order valence-electron chi connectivity index (χ3n) is 5.39. The van der Waals surface area contributed by atoms with E-state index >= 15 is 0 Å². The van der Waals surface area contributed by atoms with Gasteiger partial charge in [-0.15, -0.1) is 0 Å². The molecule has 3 heterocycles. The van der Waals surface area contributed by atoms with Crippen LogP contribution in [0.3, 0.4) is 0 Å². The van der Waals surface area contributed by atoms with Crippen molar-refractivity contribution < 1.29 is 4.52 Å². The molecule has 0 bridgehead atoms. The third kappa shape index (κ3) is 4.65. The third-order valence-corrected chi connectivity index (χ3v) is 5.39. The van der Waals surface area contributed by atoms with Gasteiger partial charge >= 0.3 is 0 Å². The van der Waals surface area contributed by atoms with Crippen molar-refractivity contribution in [1.82, 2.24) is 20.0 Å². The molecular formula is C23H29N5O. The number of hydrogen-bond donors (Lipinski definition) is 0. The van der Waals surface area contributed by atoms with Gasteiger partial charge < -0.3 is 9.42 Å². The van der Waals surface area contributed by atoms with E-state index in [4.69, 9.17) is 4.52 Å². The molecule has 1 aliphatic rings. The predicted molar refractivity (Wildman–Crippen MR) is 115 cm³/mol. The molecule has 29 heavy (non-hydrogen) atoms. The Balaban J connectivity index is 1.48. The fourth-order valence-electron chi connectivity index (χ4n) is 3.69. The van der Waals surface area contributed by atoms with E-state index in [1.165, 1.54) is 11.1 Å². The van der Waals surface area contributed by atoms with E-state index in [-0.39, 0.29) is 5.92 Å². The predicted octanol–water partition coefficient (Wildman–Crippen LogP) is 4.28. The minimum Gasteiger partial charge on any atom is -0.355 e. The molecule has 0 atom stereocenters. The normalized spacial score (nSPS) is 15.7. The van der Waals surface area contributed by atoms with Crippen LogP contribution in [0.1, 0.15) is 43.1 Å². The Morgan fingerprint density at radius 2 is 1.86 bits per heavy atom. The standard InChI is InChI=1S/C23H29N5O/c1-17(2)21-25-23(29-26-21)20-6-4-11-24-22(20)28-13-5-12-27(14-15-28)16-19-9-7-18(3)8-10-19/h4,6-11,17H,5,12-16H2,1-3H3. The molecule has 1 fully saturated rings. The van der Waals surface area contributed by atoms with Crippen molar-refractivity contribution in [2.75, 3.05) is 31.1 Å². The van der Waals surface area contributed by atoms with E-state index in [0.29, 0.717) is 5.89 Å². The number of aryl methyl sites for hydroxylation is 1. The summed E-state index contributed by atoms with van der Waals surface area (Å²) in [6.45, 7) is 11.2. The highest BCUT2D eigenvalue weighted by Crippen LogP contribution is 2.29. The van der Waals surface area contributed by atoms with Crippen LogP contribution < -0.4 is 4.90 Å². The molecule has 0 saturated carbocycles. The Hall–Kier alpha value is -2.73. The van der Waals surface area contributed by atoms with Crippen LogP contribution in [0, 0.1) is 6.92 Å². The Morgan fingerprint density at radius 1 is 1.03 bits per heavy atom. The first kappa shape index (κ1) is 19.6. The van der Waals surface area contributed by atoms with Gasteiger partial charge in [0.05, 0.1) is 5.56 Å². The maximum Gasteiger partial charge on any atom is 0.261 e. The second-order valence-electron chi connectivity index (χ2n) is 8.09. The van der Waals surface area contributed by atoms with E-state index in [2.05, 4.69) is 70.0 Å². The minimum absolute atomic E-state index is 0.237. The molecule has 1 saturated heterocycles. The van der Waals surface area contributed by atoms with E-state index in [1.807, 2.05) is 18.3 Å². The number of rotatable bonds is 5. The Bertz CT molecular complexity index is 934. The minimum atomic E-state index is 0.237. The van der Waals surface area contributed by atoms with Crippen molar-refractivity contribution in [3.63, 3.8) is 0 Å². The van der Waals surface area contributed by atoms with Gasteiger partial charge in [-0.3, -0.25) is 4.90 Å². The lowest BCUT2D eigenvalue weighted by atomic mass is 10.1. The fraction of sp³-hybridized carbons (Fsp3) is 0.435. The van der Waals surface area contributed by atoms with Crippen molar-refractivity contribution in [3.05, 3.63) is 59.5 Å². The van der Waals surface area contributed by atoms with Crippen molar-refractivity contribution in [2.45, 2.75) is 39.7 Å². The van der Waals surface area contributed by atoms with Gasteiger partial charge in [0.1, 0.15) is 5.82 Å². The molecule has 3 aromatic rings. The summed E-state index contributed by atoms with van der Waals surface area (Å²) in [5.74, 6) is 2.46. The topological polar surface area (TPSA) is 58.3 Å². The summed E-state index contributed by atoms with van der Waals surface area (Å²) >= 11 is 0. The van der Waals surface area contributed by atoms with Gasteiger partial charge in [0.25, 0.3) is 5.89 Å². The summed E-state index contributed by atoms with van der Waals surface area (Å²) in [5.41, 5.74) is 3.59. The van der Waals surface area contributed by atoms with Gasteiger partial charge in [-0.25, -0.2) is 4.98 Å². The van der Waals surface area contributed by atoms with E-state index in [9.17, 15) is 0 Å². The van der Waals surface area contributed by atoms with Crippen molar-refractivity contribution in [3.8, 4) is 11.5 Å². The summed E-state index contributed by atoms with van der Waals surface area (Å²) in [5, 5.41) is 4.12. The average Bonchev–Trinajstić information content (AvgIpc) is 3.11. The second kappa shape index (κ2) is 8.74. The Morgan fingerprint density at radius 3 is 2.62 bits per heavy atom. The molecular weight excluding hydrogens is 362 g/mol. The zero-order chi connectivity index (χ0) is 20.2. The molecule has 0 aliphatic carbocycles. The summed E-state index contributed by atoms with van der Waals surface area (Å²) in [6.07, 6.45) is 2.94. The largest absolute Gasteiger partial charge is 0.355 e. The molecule has 0 unspecified atom stereocenters. The molecule has 152 valence electrons. The lowest BCUT2D eigenvalue weighted by molar-refractivity contribution is 0.285. The van der Waals surface area contributed by atoms with Crippen molar-refractivity contribution in [2.24, 2.45) is 0 Å². The summed E-state index contributed by atoms with van der Waals surface area (Å²) in [7, 11) is 0.